The number of ether oxygens (including phenoxy) is 2. The number of nitrogens with zero attached hydrogens (tertiary/aromatic N) is 2. The number of rotatable bonds is 6. The van der Waals surface area contributed by atoms with Crippen molar-refractivity contribution in [3.05, 3.63) is 64.5 Å². The number of aryl methyl sites for hydroxylation is 1. The summed E-state index contributed by atoms with van der Waals surface area (Å²) in [4.78, 5) is 40.7. The average molecular weight is 412 g/mol. The minimum absolute atomic E-state index is 0.0845. The molecule has 0 aliphatic heterocycles. The predicted molar refractivity (Wildman–Crippen MR) is 109 cm³/mol. The molecule has 0 spiro atoms. The number of carbonyl (C=O) groups is 3. The lowest BCUT2D eigenvalue weighted by molar-refractivity contribution is -0.141. The van der Waals surface area contributed by atoms with Crippen LogP contribution in [0.4, 0.5) is 0 Å². The van der Waals surface area contributed by atoms with Gasteiger partial charge in [0.2, 0.25) is 5.91 Å². The van der Waals surface area contributed by atoms with Gasteiger partial charge in [-0.1, -0.05) is 41.7 Å². The molecule has 1 aromatic heterocycles. The van der Waals surface area contributed by atoms with Crippen molar-refractivity contribution in [3.63, 3.8) is 0 Å². The Labute approximate surface area is 171 Å². The van der Waals surface area contributed by atoms with Crippen molar-refractivity contribution in [1.29, 1.82) is 0 Å². The van der Waals surface area contributed by atoms with Crippen molar-refractivity contribution >= 4 is 39.4 Å². The Balaban J connectivity index is 1.96. The van der Waals surface area contributed by atoms with Crippen LogP contribution in [-0.2, 0) is 32.0 Å². The first kappa shape index (κ1) is 20.5. The van der Waals surface area contributed by atoms with Gasteiger partial charge in [-0.05, 0) is 30.2 Å². The van der Waals surface area contributed by atoms with Crippen LogP contribution in [-0.4, -0.2) is 36.6 Å². The Bertz CT molecular complexity index is 1120. The quantitative estimate of drug-likeness (QED) is 0.581. The van der Waals surface area contributed by atoms with Gasteiger partial charge in [0.15, 0.2) is 4.80 Å². The van der Waals surface area contributed by atoms with Gasteiger partial charge in [-0.25, -0.2) is 4.79 Å². The van der Waals surface area contributed by atoms with Crippen LogP contribution in [0, 0.1) is 0 Å². The second kappa shape index (κ2) is 9.29. The van der Waals surface area contributed by atoms with Crippen molar-refractivity contribution in [2.45, 2.75) is 19.4 Å². The van der Waals surface area contributed by atoms with E-state index >= 15 is 0 Å². The van der Waals surface area contributed by atoms with E-state index < -0.39 is 11.9 Å². The first-order valence-electron chi connectivity index (χ1n) is 8.92. The molecule has 0 aliphatic rings. The first-order valence-corrected chi connectivity index (χ1v) is 9.73. The van der Waals surface area contributed by atoms with Gasteiger partial charge < -0.3 is 14.0 Å². The van der Waals surface area contributed by atoms with Gasteiger partial charge in [0.25, 0.3) is 0 Å². The zero-order valence-electron chi connectivity index (χ0n) is 16.1. The Morgan fingerprint density at radius 3 is 2.48 bits per heavy atom. The summed E-state index contributed by atoms with van der Waals surface area (Å²) in [6.07, 6.45) is 0.835. The van der Waals surface area contributed by atoms with E-state index in [2.05, 4.69) is 4.99 Å². The summed E-state index contributed by atoms with van der Waals surface area (Å²) >= 11 is 1.23. The van der Waals surface area contributed by atoms with Gasteiger partial charge in [0.1, 0.15) is 6.54 Å². The highest BCUT2D eigenvalue weighted by Crippen LogP contribution is 2.20. The molecule has 0 radical (unpaired) electrons. The Hall–Kier alpha value is -3.26. The smallest absolute Gasteiger partial charge is 0.337 e. The van der Waals surface area contributed by atoms with Gasteiger partial charge in [-0.2, -0.15) is 4.99 Å². The summed E-state index contributed by atoms with van der Waals surface area (Å²) in [6.45, 7) is -0.0845. The molecule has 2 aromatic carbocycles. The minimum Gasteiger partial charge on any atom is -0.468 e. The minimum atomic E-state index is -0.461. The lowest BCUT2D eigenvalue weighted by Gasteiger charge is -2.04. The highest BCUT2D eigenvalue weighted by atomic mass is 32.1. The molecule has 0 bridgehead atoms. The monoisotopic (exact) mass is 412 g/mol. The van der Waals surface area contributed by atoms with Crippen molar-refractivity contribution in [3.8, 4) is 0 Å². The Morgan fingerprint density at radius 1 is 1.03 bits per heavy atom. The number of aromatic nitrogens is 1. The molecule has 29 heavy (non-hydrogen) atoms. The lowest BCUT2D eigenvalue weighted by atomic mass is 10.1. The summed E-state index contributed by atoms with van der Waals surface area (Å²) < 4.78 is 11.8. The van der Waals surface area contributed by atoms with E-state index in [1.54, 1.807) is 22.8 Å². The van der Waals surface area contributed by atoms with Crippen LogP contribution in [0.3, 0.4) is 0 Å². The third-order valence-corrected chi connectivity index (χ3v) is 5.35. The number of amides is 1. The van der Waals surface area contributed by atoms with Crippen LogP contribution in [0.5, 0.6) is 0 Å². The molecule has 1 amide bonds. The highest BCUT2D eigenvalue weighted by molar-refractivity contribution is 7.16. The molecule has 0 fully saturated rings. The molecule has 3 aromatic rings. The summed E-state index contributed by atoms with van der Waals surface area (Å²) in [7, 11) is 2.61. The summed E-state index contributed by atoms with van der Waals surface area (Å²) in [5, 5.41) is 0. The third-order valence-electron chi connectivity index (χ3n) is 4.31. The maximum Gasteiger partial charge on any atom is 0.337 e. The van der Waals surface area contributed by atoms with Gasteiger partial charge in [-0.15, -0.1) is 0 Å². The van der Waals surface area contributed by atoms with Crippen molar-refractivity contribution in [2.75, 3.05) is 14.2 Å². The molecule has 0 saturated carbocycles. The molecule has 0 unspecified atom stereocenters. The van der Waals surface area contributed by atoms with E-state index in [-0.39, 0.29) is 18.9 Å². The number of fused-ring (bicyclic) bond motifs is 1. The molecule has 3 rings (SSSR count). The van der Waals surface area contributed by atoms with Crippen LogP contribution in [0.1, 0.15) is 22.3 Å². The van der Waals surface area contributed by atoms with Crippen LogP contribution in [0.15, 0.2) is 53.5 Å². The summed E-state index contributed by atoms with van der Waals surface area (Å²) in [5.74, 6) is -1.20. The van der Waals surface area contributed by atoms with E-state index in [0.29, 0.717) is 27.0 Å². The normalized spacial score (nSPS) is 11.4. The number of benzene rings is 2. The molecule has 0 atom stereocenters. The topological polar surface area (TPSA) is 87.0 Å². The molecule has 8 heteroatoms. The van der Waals surface area contributed by atoms with Crippen LogP contribution in [0.25, 0.3) is 10.2 Å². The van der Waals surface area contributed by atoms with Gasteiger partial charge in [0, 0.05) is 6.42 Å². The third kappa shape index (κ3) is 4.97. The summed E-state index contributed by atoms with van der Waals surface area (Å²) in [6, 6.07) is 14.7. The molecule has 0 N–H and O–H groups in total. The van der Waals surface area contributed by atoms with E-state index in [1.165, 1.54) is 25.6 Å². The molecule has 0 saturated heterocycles. The fraction of sp³-hybridized carbons (Fsp3) is 0.238. The summed E-state index contributed by atoms with van der Waals surface area (Å²) in [5.41, 5.74) is 2.12. The van der Waals surface area contributed by atoms with E-state index in [0.717, 1.165) is 5.56 Å². The largest absolute Gasteiger partial charge is 0.468 e. The standard InChI is InChI=1S/C21H20N2O5S/c1-27-19(25)13-23-16-10-9-15(20(26)28-2)12-17(16)29-21(23)22-18(24)11-8-14-6-4-3-5-7-14/h3-7,9-10,12H,8,11,13H2,1-2H3. The molecule has 150 valence electrons. The van der Waals surface area contributed by atoms with Gasteiger partial charge in [0.05, 0.1) is 30.0 Å². The zero-order valence-corrected chi connectivity index (χ0v) is 16.9. The Morgan fingerprint density at radius 2 is 1.79 bits per heavy atom. The van der Waals surface area contributed by atoms with E-state index in [4.69, 9.17) is 9.47 Å². The number of methoxy groups -OCH3 is 2. The van der Waals surface area contributed by atoms with Crippen molar-refractivity contribution < 1.29 is 23.9 Å². The SMILES string of the molecule is COC(=O)Cn1c(=NC(=O)CCc2ccccc2)sc2cc(C(=O)OC)ccc21. The lowest BCUT2D eigenvalue weighted by Crippen LogP contribution is -2.22. The number of carbonyl (C=O) groups excluding carboxylic acids is 3. The molecule has 1 heterocycles. The van der Waals surface area contributed by atoms with E-state index in [9.17, 15) is 14.4 Å². The van der Waals surface area contributed by atoms with Gasteiger partial charge in [-0.3, -0.25) is 9.59 Å². The Kier molecular flexibility index (Phi) is 6.56. The zero-order chi connectivity index (χ0) is 20.8. The number of hydrogen-bond acceptors (Lipinski definition) is 6. The second-order valence-corrected chi connectivity index (χ2v) is 7.22. The number of esters is 2. The number of thiazole rings is 1. The van der Waals surface area contributed by atoms with Crippen molar-refractivity contribution in [2.24, 2.45) is 4.99 Å². The fourth-order valence-electron chi connectivity index (χ4n) is 2.81. The molecular weight excluding hydrogens is 392 g/mol. The van der Waals surface area contributed by atoms with Crippen molar-refractivity contribution in [1.82, 2.24) is 4.57 Å². The second-order valence-electron chi connectivity index (χ2n) is 6.21. The number of hydrogen-bond donors (Lipinski definition) is 0. The molecule has 7 nitrogen and oxygen atoms in total. The molecule has 0 aliphatic carbocycles. The maximum absolute atomic E-state index is 12.4. The highest BCUT2D eigenvalue weighted by Gasteiger charge is 2.14. The van der Waals surface area contributed by atoms with Crippen LogP contribution < -0.4 is 4.80 Å². The average Bonchev–Trinajstić information content (AvgIpc) is 3.08. The van der Waals surface area contributed by atoms with Gasteiger partial charge >= 0.3 is 11.9 Å². The fourth-order valence-corrected chi connectivity index (χ4v) is 3.89. The predicted octanol–water partition coefficient (Wildman–Crippen LogP) is 2.72. The first-order chi connectivity index (χ1) is 14.0. The van der Waals surface area contributed by atoms with E-state index in [1.807, 2.05) is 30.3 Å². The molecular formula is C21H20N2O5S. The maximum atomic E-state index is 12.4. The van der Waals surface area contributed by atoms with Crippen LogP contribution in [0.2, 0.25) is 0 Å². The van der Waals surface area contributed by atoms with Crippen LogP contribution >= 0.6 is 11.3 Å².